The molecule has 2 saturated carbocycles. The van der Waals surface area contributed by atoms with E-state index in [1.807, 2.05) is 0 Å². The number of ether oxygens (including phenoxy) is 1. The highest BCUT2D eigenvalue weighted by molar-refractivity contribution is 5.90. The van der Waals surface area contributed by atoms with Gasteiger partial charge >= 0.3 is 0 Å². The monoisotopic (exact) mass is 464 g/mol. The molecule has 4 aliphatic rings. The van der Waals surface area contributed by atoms with Crippen molar-refractivity contribution in [2.45, 2.75) is 44.6 Å². The number of methoxy groups -OCH3 is 1. The second-order valence-corrected chi connectivity index (χ2v) is 10.7. The zero-order chi connectivity index (χ0) is 24.0. The molecule has 9 nitrogen and oxygen atoms in total. The average molecular weight is 465 g/mol. The number of aliphatic carboxylic acids is 1. The summed E-state index contributed by atoms with van der Waals surface area (Å²) >= 11 is 0. The number of likely N-dealkylation sites (tertiary alicyclic amines) is 1. The van der Waals surface area contributed by atoms with E-state index >= 15 is 0 Å². The maximum Gasteiger partial charge on any atom is 0.293 e. The number of carboxylic acid groups (broad SMARTS) is 1. The number of rotatable bonds is 7. The predicted molar refractivity (Wildman–Crippen MR) is 121 cm³/mol. The molecule has 33 heavy (non-hydrogen) atoms. The zero-order valence-corrected chi connectivity index (χ0v) is 20.2. The van der Waals surface area contributed by atoms with Crippen molar-refractivity contribution in [3.05, 3.63) is 11.1 Å². The van der Waals surface area contributed by atoms with Crippen molar-refractivity contribution >= 4 is 11.9 Å². The molecule has 0 amide bonds. The Morgan fingerprint density at radius 2 is 2.15 bits per heavy atom. The molecule has 7 atom stereocenters. The van der Waals surface area contributed by atoms with Gasteiger partial charge in [-0.2, -0.15) is 0 Å². The smallest absolute Gasteiger partial charge is 0.293 e. The van der Waals surface area contributed by atoms with Crippen LogP contribution in [0, 0.1) is 28.6 Å². The van der Waals surface area contributed by atoms with E-state index in [4.69, 9.17) is 10.5 Å². The molecule has 0 aromatic heterocycles. The van der Waals surface area contributed by atoms with Crippen molar-refractivity contribution in [3.8, 4) is 0 Å². The van der Waals surface area contributed by atoms with Crippen LogP contribution in [0.15, 0.2) is 16.1 Å². The lowest BCUT2D eigenvalue weighted by atomic mass is 9.45. The summed E-state index contributed by atoms with van der Waals surface area (Å²) in [6, 6.07) is 0. The van der Waals surface area contributed by atoms with Gasteiger partial charge in [-0.3, -0.25) is 4.90 Å². The van der Waals surface area contributed by atoms with Crippen LogP contribution >= 0.6 is 0 Å². The Bertz CT molecular complexity index is 847. The molecular formula is C24H40N4O5. The van der Waals surface area contributed by atoms with Gasteiger partial charge in [0, 0.05) is 43.5 Å². The van der Waals surface area contributed by atoms with Gasteiger partial charge in [-0.05, 0) is 50.0 Å². The molecule has 1 heterocycles. The summed E-state index contributed by atoms with van der Waals surface area (Å²) in [4.78, 5) is 17.9. The third-order valence-corrected chi connectivity index (χ3v) is 9.57. The molecule has 9 heteroatoms. The Hall–Kier alpha value is -1.52. The molecule has 6 N–H and O–H groups in total. The molecule has 0 radical (unpaired) electrons. The molecule has 3 aliphatic carbocycles. The van der Waals surface area contributed by atoms with Crippen molar-refractivity contribution in [1.29, 1.82) is 0 Å². The van der Waals surface area contributed by atoms with E-state index in [2.05, 4.69) is 17.2 Å². The molecule has 3 fully saturated rings. The lowest BCUT2D eigenvalue weighted by Gasteiger charge is -2.60. The molecule has 4 rings (SSSR count). The van der Waals surface area contributed by atoms with Crippen LogP contribution in [0.1, 0.15) is 39.0 Å². The van der Waals surface area contributed by atoms with Crippen LogP contribution in [0.25, 0.3) is 0 Å². The van der Waals surface area contributed by atoms with E-state index in [1.165, 1.54) is 7.11 Å². The Labute approximate surface area is 196 Å². The molecule has 186 valence electrons. The zero-order valence-electron chi connectivity index (χ0n) is 20.2. The van der Waals surface area contributed by atoms with Crippen LogP contribution in [0.5, 0.6) is 0 Å². The van der Waals surface area contributed by atoms with E-state index in [-0.39, 0.29) is 36.0 Å². The average Bonchev–Trinajstić information content (AvgIpc) is 3.12. The summed E-state index contributed by atoms with van der Waals surface area (Å²) in [6.45, 7) is 5.14. The number of carbonyl (C=O) groups is 1. The maximum atomic E-state index is 12.4. The van der Waals surface area contributed by atoms with Crippen LogP contribution < -0.4 is 21.1 Å². The number of nitrogens with two attached hydrogens (primary N) is 1. The number of piperidine rings is 1. The minimum Gasteiger partial charge on any atom is -0.545 e. The summed E-state index contributed by atoms with van der Waals surface area (Å²) in [5, 5.41) is 36.9. The van der Waals surface area contributed by atoms with Crippen LogP contribution in [0.4, 0.5) is 0 Å². The summed E-state index contributed by atoms with van der Waals surface area (Å²) in [7, 11) is 3.21. The highest BCUT2D eigenvalue weighted by Crippen LogP contribution is 2.76. The van der Waals surface area contributed by atoms with Gasteiger partial charge in [-0.1, -0.05) is 12.5 Å². The van der Waals surface area contributed by atoms with Crippen LogP contribution in [0.3, 0.4) is 0 Å². The van der Waals surface area contributed by atoms with Crippen LogP contribution in [0.2, 0.25) is 0 Å². The highest BCUT2D eigenvalue weighted by atomic mass is 16.5. The molecule has 7 unspecified atom stereocenters. The molecule has 2 bridgehead atoms. The SMILES string of the molecule is CN=C(N)[NH+]1CCC(CNCCO)C2(C1)C1CCC(C)C23CC(O)(COC)C(C(=O)[O-])=C3C1. The van der Waals surface area contributed by atoms with Gasteiger partial charge in [-0.25, -0.2) is 4.99 Å². The number of guanidine groups is 1. The lowest BCUT2D eigenvalue weighted by molar-refractivity contribution is -0.828. The quantitative estimate of drug-likeness (QED) is 0.161. The van der Waals surface area contributed by atoms with E-state index in [9.17, 15) is 20.1 Å². The topological polar surface area (TPSA) is 145 Å². The first-order valence-electron chi connectivity index (χ1n) is 12.3. The largest absolute Gasteiger partial charge is 0.545 e. The standard InChI is InChI=1S/C24H40N4O5/c1-15-4-5-16-10-18-19(20(30)31)22(32,14-33-3)12-23(15,18)24(16)13-28(21(25)26-2)8-6-17(24)11-27-7-9-29/h15-17,27,29,32H,4-14H2,1-3H3,(H2,25,26)(H,30,31). The normalized spacial score (nSPS) is 42.8. The van der Waals surface area contributed by atoms with Gasteiger partial charge < -0.3 is 35.9 Å². The summed E-state index contributed by atoms with van der Waals surface area (Å²) < 4.78 is 5.34. The first kappa shape index (κ1) is 24.6. The Morgan fingerprint density at radius 1 is 1.39 bits per heavy atom. The van der Waals surface area contributed by atoms with Crippen molar-refractivity contribution in [1.82, 2.24) is 5.32 Å². The van der Waals surface area contributed by atoms with E-state index in [0.717, 1.165) is 49.4 Å². The number of carboxylic acids is 1. The predicted octanol–water partition coefficient (Wildman–Crippen LogP) is -2.33. The number of hydrogen-bond donors (Lipinski definition) is 5. The van der Waals surface area contributed by atoms with Gasteiger partial charge in [0.2, 0.25) is 0 Å². The minimum atomic E-state index is -1.56. The fourth-order valence-electron chi connectivity index (χ4n) is 8.55. The van der Waals surface area contributed by atoms with E-state index in [1.54, 1.807) is 7.05 Å². The second kappa shape index (κ2) is 8.92. The van der Waals surface area contributed by atoms with Gasteiger partial charge in [0.15, 0.2) is 0 Å². The molecule has 0 aromatic carbocycles. The minimum absolute atomic E-state index is 0.0579. The van der Waals surface area contributed by atoms with E-state index in [0.29, 0.717) is 31.3 Å². The second-order valence-electron chi connectivity index (χ2n) is 10.7. The number of hydrogen-bond acceptors (Lipinski definition) is 7. The third kappa shape index (κ3) is 3.38. The lowest BCUT2D eigenvalue weighted by Crippen LogP contribution is -3.19. The molecule has 1 aliphatic heterocycles. The van der Waals surface area contributed by atoms with Crippen molar-refractivity contribution in [3.63, 3.8) is 0 Å². The number of aliphatic hydroxyl groups is 2. The van der Waals surface area contributed by atoms with Crippen molar-refractivity contribution < 1.29 is 29.8 Å². The van der Waals surface area contributed by atoms with Crippen LogP contribution in [-0.2, 0) is 9.53 Å². The Balaban J connectivity index is 1.90. The number of nitrogens with zero attached hydrogens (tertiary/aromatic N) is 1. The fraction of sp³-hybridized carbons (Fsp3) is 0.833. The number of carbonyl (C=O) groups excluding carboxylic acids is 1. The molecule has 0 aromatic rings. The van der Waals surface area contributed by atoms with Gasteiger partial charge in [0.05, 0.1) is 32.3 Å². The van der Waals surface area contributed by atoms with Crippen molar-refractivity contribution in [2.24, 2.45) is 39.3 Å². The first-order chi connectivity index (χ1) is 15.7. The summed E-state index contributed by atoms with van der Waals surface area (Å²) in [6.07, 6.45) is 3.97. The Kier molecular flexibility index (Phi) is 6.65. The highest BCUT2D eigenvalue weighted by Gasteiger charge is 2.75. The maximum absolute atomic E-state index is 12.4. The molecule has 1 saturated heterocycles. The van der Waals surface area contributed by atoms with E-state index < -0.39 is 17.0 Å². The molecule has 2 spiro atoms. The van der Waals surface area contributed by atoms with Gasteiger partial charge in [0.25, 0.3) is 5.96 Å². The Morgan fingerprint density at radius 3 is 2.79 bits per heavy atom. The van der Waals surface area contributed by atoms with Crippen LogP contribution in [-0.4, -0.2) is 81.3 Å². The van der Waals surface area contributed by atoms with Gasteiger partial charge in [0.1, 0.15) is 5.60 Å². The first-order valence-corrected chi connectivity index (χ1v) is 12.3. The number of nitrogens with one attached hydrogen (secondary N) is 2. The van der Waals surface area contributed by atoms with Gasteiger partial charge in [-0.15, -0.1) is 0 Å². The number of aliphatic imine (C=N–C) groups is 1. The fourth-order valence-corrected chi connectivity index (χ4v) is 8.55. The number of allylic oxidation sites excluding steroid dienone is 1. The number of quaternary nitrogens is 1. The molecular weight excluding hydrogens is 424 g/mol. The number of aliphatic hydroxyl groups excluding tert-OH is 1. The summed E-state index contributed by atoms with van der Waals surface area (Å²) in [5.41, 5.74) is 5.04. The summed E-state index contributed by atoms with van der Waals surface area (Å²) in [5.74, 6) is 0.106. The van der Waals surface area contributed by atoms with Crippen molar-refractivity contribution in [2.75, 3.05) is 53.6 Å². The third-order valence-electron chi connectivity index (χ3n) is 9.57.